The molecule has 5 aromatic rings. The van der Waals surface area contributed by atoms with Crippen LogP contribution in [0, 0.1) is 17.5 Å². The molecule has 0 spiro atoms. The molecule has 1 aromatic heterocycles. The number of nitrogens with one attached hydrogen (secondary N) is 2. The molecule has 2 heterocycles. The number of ether oxygens (including phenoxy) is 1. The van der Waals surface area contributed by atoms with Crippen molar-refractivity contribution >= 4 is 25.6 Å². The number of alkyl carbamates (subject to hydrolysis) is 1. The van der Waals surface area contributed by atoms with E-state index in [9.17, 15) is 44.9 Å². The summed E-state index contributed by atoms with van der Waals surface area (Å²) in [5.41, 5.74) is -2.85. The predicted octanol–water partition coefficient (Wildman–Crippen LogP) is 12.4. The molecule has 360 valence electrons. The minimum absolute atomic E-state index is 0.0363. The van der Waals surface area contributed by atoms with Gasteiger partial charge in [-0.1, -0.05) is 44.2 Å². The van der Waals surface area contributed by atoms with Crippen molar-refractivity contribution in [1.82, 2.24) is 20.0 Å². The first-order chi connectivity index (χ1) is 31.4. The predicted molar refractivity (Wildman–Crippen MR) is 227 cm³/mol. The van der Waals surface area contributed by atoms with Crippen LogP contribution in [0.5, 0.6) is 5.75 Å². The molecule has 6 rings (SSSR count). The lowest BCUT2D eigenvalue weighted by molar-refractivity contribution is -0.143. The van der Waals surface area contributed by atoms with Gasteiger partial charge in [0.2, 0.25) is 0 Å². The largest absolute Gasteiger partial charge is 0.530 e. The highest BCUT2D eigenvalue weighted by atomic mass is 31.2. The first-order valence-corrected chi connectivity index (χ1v) is 22.3. The Bertz CT molecular complexity index is 2690. The van der Waals surface area contributed by atoms with Crippen LogP contribution in [-0.2, 0) is 68.8 Å². The Morgan fingerprint density at radius 3 is 2.04 bits per heavy atom. The van der Waals surface area contributed by atoms with Crippen LogP contribution in [0.3, 0.4) is 0 Å². The molecule has 0 aliphatic carbocycles. The Morgan fingerprint density at radius 1 is 0.806 bits per heavy atom. The van der Waals surface area contributed by atoms with E-state index in [0.29, 0.717) is 36.2 Å². The van der Waals surface area contributed by atoms with Gasteiger partial charge < -0.3 is 14.6 Å². The average molecular weight is 970 g/mol. The number of phosphoric acid groups is 1. The summed E-state index contributed by atoms with van der Waals surface area (Å²) >= 11 is 0. The van der Waals surface area contributed by atoms with Gasteiger partial charge >= 0.3 is 32.3 Å². The number of hydrogen-bond donors (Lipinski definition) is 2. The van der Waals surface area contributed by atoms with E-state index in [-0.39, 0.29) is 48.3 Å². The first kappa shape index (κ1) is 50.5. The molecular weight excluding hydrogens is 924 g/mol. The van der Waals surface area contributed by atoms with Crippen molar-refractivity contribution in [3.63, 3.8) is 0 Å². The second kappa shape index (κ2) is 19.8. The SMILES string of the molecule is CCOP(=O)(OCC)Oc1ccc(COC(=O)NC(=O)Nc2cc(F)c(-c3c4c(nn3-c3c(CC)cccc3CC)C(C)(C)N(Cc3ccc(C(F)(F)F)cc3C(F)(F)F)C4)cc2F)cc1F. The summed E-state index contributed by atoms with van der Waals surface area (Å²) in [5.74, 6) is -3.74. The standard InChI is InChI=1S/C45H45F9N5O7P/c1-7-26-12-11-13-27(8-2)38(26)59-39(31-23-58(43(5,6)40(31)57-59)22-28-15-16-29(44(49,50)51)19-32(28)45(52,53)54)30-20-34(47)36(21-33(30)46)55-41(60)56-42(61)63-24-25-14-17-37(35(48)18-25)66-67(62,64-9-3)65-10-4/h11-21H,7-10,22-24H2,1-6H3,(H2,55,56,60,61). The number of anilines is 1. The van der Waals surface area contributed by atoms with Crippen LogP contribution in [0.1, 0.15) is 86.2 Å². The molecule has 2 N–H and O–H groups in total. The van der Waals surface area contributed by atoms with Crippen molar-refractivity contribution < 1.29 is 72.0 Å². The third-order valence-electron chi connectivity index (χ3n) is 10.9. The highest BCUT2D eigenvalue weighted by molar-refractivity contribution is 7.48. The van der Waals surface area contributed by atoms with Gasteiger partial charge in [-0.3, -0.25) is 13.9 Å². The third-order valence-corrected chi connectivity index (χ3v) is 12.5. The molecule has 0 bridgehead atoms. The van der Waals surface area contributed by atoms with E-state index in [0.717, 1.165) is 35.4 Å². The number of rotatable bonds is 15. The van der Waals surface area contributed by atoms with Crippen LogP contribution in [0.25, 0.3) is 16.9 Å². The molecule has 0 saturated heterocycles. The fourth-order valence-electron chi connectivity index (χ4n) is 7.66. The molecule has 0 radical (unpaired) electrons. The summed E-state index contributed by atoms with van der Waals surface area (Å²) in [4.78, 5) is 26.9. The van der Waals surface area contributed by atoms with Gasteiger partial charge in [-0.15, -0.1) is 0 Å². The van der Waals surface area contributed by atoms with Gasteiger partial charge in [0.1, 0.15) is 18.2 Å². The Morgan fingerprint density at radius 2 is 1.46 bits per heavy atom. The van der Waals surface area contributed by atoms with Crippen LogP contribution < -0.4 is 15.2 Å². The summed E-state index contributed by atoms with van der Waals surface area (Å²) in [6, 6.07) is 10.2. The molecule has 1 aliphatic heterocycles. The third kappa shape index (κ3) is 11.0. The summed E-state index contributed by atoms with van der Waals surface area (Å²) < 4.78 is 165. The number of benzene rings is 4. The lowest BCUT2D eigenvalue weighted by atomic mass is 9.97. The molecule has 0 unspecified atom stereocenters. The minimum atomic E-state index is -5.14. The number of hydrogen-bond acceptors (Lipinski definition) is 9. The molecule has 0 atom stereocenters. The molecule has 22 heteroatoms. The molecule has 4 aromatic carbocycles. The number of aromatic nitrogens is 2. The van der Waals surface area contributed by atoms with Crippen molar-refractivity contribution in [2.24, 2.45) is 0 Å². The number of fused-ring (bicyclic) bond motifs is 1. The summed E-state index contributed by atoms with van der Waals surface area (Å²) in [6.45, 7) is 8.75. The molecular formula is C45H45F9N5O7P. The van der Waals surface area contributed by atoms with Gasteiger partial charge in [0.05, 0.1) is 52.6 Å². The van der Waals surface area contributed by atoms with Gasteiger partial charge in [-0.2, -0.15) is 31.4 Å². The zero-order valence-corrected chi connectivity index (χ0v) is 37.7. The number of imide groups is 1. The number of para-hydroxylation sites is 1. The number of nitrogens with zero attached hydrogens (tertiary/aromatic N) is 3. The van der Waals surface area contributed by atoms with Crippen LogP contribution in [-0.4, -0.2) is 40.0 Å². The second-order valence-corrected chi connectivity index (χ2v) is 17.2. The molecule has 3 amide bonds. The maximum atomic E-state index is 16.6. The Hall–Kier alpha value is -5.89. The van der Waals surface area contributed by atoms with Crippen molar-refractivity contribution in [3.8, 4) is 22.7 Å². The number of carbonyl (C=O) groups is 2. The number of halogens is 9. The van der Waals surface area contributed by atoms with E-state index in [1.54, 1.807) is 24.1 Å². The fraction of sp³-hybridized carbons (Fsp3) is 0.356. The topological polar surface area (TPSA) is 133 Å². The number of aryl methyl sites for hydroxylation is 2. The molecule has 0 saturated carbocycles. The number of amides is 3. The molecule has 67 heavy (non-hydrogen) atoms. The first-order valence-electron chi connectivity index (χ1n) is 20.8. The smallest absolute Gasteiger partial charge is 0.444 e. The van der Waals surface area contributed by atoms with Crippen LogP contribution in [0.15, 0.2) is 66.7 Å². The van der Waals surface area contributed by atoms with Crippen LogP contribution >= 0.6 is 7.82 Å². The van der Waals surface area contributed by atoms with Gasteiger partial charge in [-0.25, -0.2) is 37.3 Å². The van der Waals surface area contributed by atoms with Gasteiger partial charge in [0.15, 0.2) is 11.6 Å². The normalized spacial score (nSPS) is 14.0. The molecule has 12 nitrogen and oxygen atoms in total. The highest BCUT2D eigenvalue weighted by Gasteiger charge is 2.45. The van der Waals surface area contributed by atoms with Crippen molar-refractivity contribution in [3.05, 3.63) is 129 Å². The van der Waals surface area contributed by atoms with Crippen LogP contribution in [0.4, 0.5) is 54.8 Å². The molecule has 0 fully saturated rings. The zero-order chi connectivity index (χ0) is 49.2. The van der Waals surface area contributed by atoms with Gasteiger partial charge in [0.25, 0.3) is 0 Å². The average Bonchev–Trinajstić information content (AvgIpc) is 3.73. The van der Waals surface area contributed by atoms with E-state index in [1.807, 2.05) is 37.4 Å². The van der Waals surface area contributed by atoms with Crippen LogP contribution in [0.2, 0.25) is 0 Å². The lowest BCUT2D eigenvalue weighted by Crippen LogP contribution is -2.36. The van der Waals surface area contributed by atoms with Gasteiger partial charge in [0, 0.05) is 30.3 Å². The summed E-state index contributed by atoms with van der Waals surface area (Å²) in [7, 11) is -4.12. The maximum absolute atomic E-state index is 16.6. The minimum Gasteiger partial charge on any atom is -0.444 e. The summed E-state index contributed by atoms with van der Waals surface area (Å²) in [5, 5.41) is 8.73. The Balaban J connectivity index is 1.27. The van der Waals surface area contributed by atoms with E-state index in [1.165, 1.54) is 24.6 Å². The van der Waals surface area contributed by atoms with E-state index >= 15 is 8.78 Å². The summed E-state index contributed by atoms with van der Waals surface area (Å²) in [6.07, 6.45) is -10.6. The second-order valence-electron chi connectivity index (χ2n) is 15.6. The number of alkyl halides is 6. The number of urea groups is 1. The molecule has 1 aliphatic rings. The quantitative estimate of drug-likeness (QED) is 0.0777. The zero-order valence-electron chi connectivity index (χ0n) is 36.8. The highest BCUT2D eigenvalue weighted by Crippen LogP contribution is 2.50. The monoisotopic (exact) mass is 969 g/mol. The van der Waals surface area contributed by atoms with Crippen molar-refractivity contribution in [1.29, 1.82) is 0 Å². The number of phosphoric ester groups is 1. The Labute approximate surface area is 379 Å². The van der Waals surface area contributed by atoms with Gasteiger partial charge in [-0.05, 0) is 93.1 Å². The lowest BCUT2D eigenvalue weighted by Gasteiger charge is -2.33. The van der Waals surface area contributed by atoms with E-state index in [2.05, 4.69) is 0 Å². The maximum Gasteiger partial charge on any atom is 0.530 e. The van der Waals surface area contributed by atoms with Crippen molar-refractivity contribution in [2.45, 2.75) is 92.0 Å². The Kier molecular flexibility index (Phi) is 14.9. The fourth-order valence-corrected chi connectivity index (χ4v) is 8.86. The van der Waals surface area contributed by atoms with E-state index in [4.69, 9.17) is 23.4 Å². The number of carbonyl (C=O) groups excluding carboxylic acids is 2. The van der Waals surface area contributed by atoms with E-state index < -0.39 is 96.6 Å². The van der Waals surface area contributed by atoms with Crippen molar-refractivity contribution in [2.75, 3.05) is 18.5 Å².